The third-order valence-electron chi connectivity index (χ3n) is 2.80. The molecule has 0 amide bonds. The number of pyridine rings is 1. The third-order valence-corrected chi connectivity index (χ3v) is 2.80. The summed E-state index contributed by atoms with van der Waals surface area (Å²) in [7, 11) is 0. The molecule has 0 atom stereocenters. The van der Waals surface area contributed by atoms with Crippen LogP contribution in [0.3, 0.4) is 0 Å². The molecule has 0 saturated carbocycles. The molecule has 2 aromatic heterocycles. The highest BCUT2D eigenvalue weighted by atomic mass is 14.9. The van der Waals surface area contributed by atoms with Gasteiger partial charge < -0.3 is 10.3 Å². The number of benzene rings is 1. The lowest BCUT2D eigenvalue weighted by molar-refractivity contribution is 0.804. The first-order chi connectivity index (χ1) is 8.31. The fourth-order valence-electron chi connectivity index (χ4n) is 1.96. The summed E-state index contributed by atoms with van der Waals surface area (Å²) in [4.78, 5) is 4.43. The predicted octanol–water partition coefficient (Wildman–Crippen LogP) is 2.67. The van der Waals surface area contributed by atoms with E-state index in [-0.39, 0.29) is 0 Å². The summed E-state index contributed by atoms with van der Waals surface area (Å²) in [6.45, 7) is 0.848. The molecule has 0 unspecified atom stereocenters. The topological polar surface area (TPSA) is 43.8 Å². The van der Waals surface area contributed by atoms with Gasteiger partial charge in [-0.25, -0.2) is 0 Å². The summed E-state index contributed by atoms with van der Waals surface area (Å²) < 4.78 is 2.13. The molecule has 0 spiro atoms. The van der Waals surface area contributed by atoms with Gasteiger partial charge in [0.2, 0.25) is 0 Å². The van der Waals surface area contributed by atoms with Crippen LogP contribution in [0.2, 0.25) is 0 Å². The van der Waals surface area contributed by atoms with E-state index in [1.807, 2.05) is 48.9 Å². The lowest BCUT2D eigenvalue weighted by Gasteiger charge is -2.05. The van der Waals surface area contributed by atoms with Gasteiger partial charge in [-0.2, -0.15) is 0 Å². The van der Waals surface area contributed by atoms with Crippen molar-refractivity contribution in [3.8, 4) is 0 Å². The Morgan fingerprint density at radius 1 is 1.12 bits per heavy atom. The second-order valence-corrected chi connectivity index (χ2v) is 4.15. The molecule has 0 aliphatic rings. The maximum atomic E-state index is 5.73. The molecule has 2 N–H and O–H groups in total. The minimum Gasteiger partial charge on any atom is -0.399 e. The van der Waals surface area contributed by atoms with Crippen LogP contribution >= 0.6 is 0 Å². The van der Waals surface area contributed by atoms with Gasteiger partial charge in [-0.05, 0) is 35.9 Å². The van der Waals surface area contributed by atoms with Crippen LogP contribution in [0.1, 0.15) is 5.56 Å². The molecule has 17 heavy (non-hydrogen) atoms. The number of nitrogens with zero attached hydrogens (tertiary/aromatic N) is 2. The van der Waals surface area contributed by atoms with Gasteiger partial charge in [-0.1, -0.05) is 6.07 Å². The Labute approximate surface area is 99.5 Å². The third kappa shape index (κ3) is 1.99. The summed E-state index contributed by atoms with van der Waals surface area (Å²) in [5.74, 6) is 0. The first kappa shape index (κ1) is 9.90. The minimum absolute atomic E-state index is 0.753. The van der Waals surface area contributed by atoms with E-state index < -0.39 is 0 Å². The van der Waals surface area contributed by atoms with Crippen LogP contribution in [0.5, 0.6) is 0 Å². The normalized spacial score (nSPS) is 10.8. The molecule has 0 aliphatic heterocycles. The molecule has 3 aromatic rings. The lowest BCUT2D eigenvalue weighted by Crippen LogP contribution is -1.97. The van der Waals surface area contributed by atoms with Crippen LogP contribution in [0, 0.1) is 0 Å². The molecule has 3 nitrogen and oxygen atoms in total. The Bertz CT molecular complexity index is 642. The number of nitrogens with two attached hydrogens (primary N) is 1. The Kier molecular flexibility index (Phi) is 2.29. The molecular formula is C14H13N3. The van der Waals surface area contributed by atoms with E-state index >= 15 is 0 Å². The van der Waals surface area contributed by atoms with Gasteiger partial charge in [-0.15, -0.1) is 0 Å². The van der Waals surface area contributed by atoms with Crippen LogP contribution in [0.25, 0.3) is 10.9 Å². The van der Waals surface area contributed by atoms with Crippen molar-refractivity contribution in [2.45, 2.75) is 6.54 Å². The second-order valence-electron chi connectivity index (χ2n) is 4.15. The van der Waals surface area contributed by atoms with Crippen molar-refractivity contribution in [1.29, 1.82) is 0 Å². The van der Waals surface area contributed by atoms with E-state index in [4.69, 9.17) is 5.73 Å². The molecule has 0 radical (unpaired) electrons. The van der Waals surface area contributed by atoms with Gasteiger partial charge in [-0.3, -0.25) is 4.98 Å². The van der Waals surface area contributed by atoms with E-state index in [2.05, 4.69) is 15.6 Å². The Morgan fingerprint density at radius 2 is 1.94 bits per heavy atom. The lowest BCUT2D eigenvalue weighted by atomic mass is 10.1. The van der Waals surface area contributed by atoms with Crippen molar-refractivity contribution in [3.05, 3.63) is 60.6 Å². The molecule has 0 aliphatic carbocycles. The van der Waals surface area contributed by atoms with E-state index in [1.54, 1.807) is 0 Å². The quantitative estimate of drug-likeness (QED) is 0.679. The highest BCUT2D eigenvalue weighted by molar-refractivity contribution is 5.82. The van der Waals surface area contributed by atoms with Gasteiger partial charge >= 0.3 is 0 Å². The van der Waals surface area contributed by atoms with Crippen molar-refractivity contribution >= 4 is 16.6 Å². The largest absolute Gasteiger partial charge is 0.399 e. The van der Waals surface area contributed by atoms with Gasteiger partial charge in [0, 0.05) is 36.2 Å². The number of fused-ring (bicyclic) bond motifs is 1. The maximum Gasteiger partial charge on any atom is 0.0722 e. The average molecular weight is 223 g/mol. The number of nitrogen functional groups attached to an aromatic ring is 1. The Morgan fingerprint density at radius 3 is 2.76 bits per heavy atom. The molecule has 1 aromatic carbocycles. The smallest absolute Gasteiger partial charge is 0.0722 e. The van der Waals surface area contributed by atoms with E-state index in [0.29, 0.717) is 0 Å². The summed E-state index contributed by atoms with van der Waals surface area (Å²) in [5, 5.41) is 1.13. The molecule has 2 heterocycles. The van der Waals surface area contributed by atoms with Crippen LogP contribution < -0.4 is 5.73 Å². The zero-order chi connectivity index (χ0) is 11.7. The zero-order valence-electron chi connectivity index (χ0n) is 9.38. The fourth-order valence-corrected chi connectivity index (χ4v) is 1.96. The van der Waals surface area contributed by atoms with Crippen molar-refractivity contribution in [2.24, 2.45) is 0 Å². The summed E-state index contributed by atoms with van der Waals surface area (Å²) >= 11 is 0. The Hall–Kier alpha value is -2.29. The molecule has 0 bridgehead atoms. The van der Waals surface area contributed by atoms with Crippen LogP contribution in [0.15, 0.2) is 55.0 Å². The van der Waals surface area contributed by atoms with Crippen LogP contribution in [-0.2, 0) is 6.54 Å². The molecule has 3 heteroatoms. The highest BCUT2D eigenvalue weighted by Crippen LogP contribution is 2.17. The predicted molar refractivity (Wildman–Crippen MR) is 69.7 cm³/mol. The first-order valence-corrected chi connectivity index (χ1v) is 5.56. The average Bonchev–Trinajstić information content (AvgIpc) is 2.82. The number of anilines is 1. The SMILES string of the molecule is Nc1ccc2cc(Cn3cccc3)cnc2c1. The zero-order valence-corrected chi connectivity index (χ0v) is 9.38. The number of aromatic nitrogens is 2. The van der Waals surface area contributed by atoms with Gasteiger partial charge in [0.15, 0.2) is 0 Å². The van der Waals surface area contributed by atoms with E-state index in [1.165, 1.54) is 5.56 Å². The molecule has 0 fully saturated rings. The molecule has 84 valence electrons. The summed E-state index contributed by atoms with van der Waals surface area (Å²) in [6.07, 6.45) is 6.00. The van der Waals surface area contributed by atoms with Gasteiger partial charge in [0.1, 0.15) is 0 Å². The van der Waals surface area contributed by atoms with Crippen LogP contribution in [0.4, 0.5) is 5.69 Å². The number of rotatable bonds is 2. The second kappa shape index (κ2) is 3.94. The van der Waals surface area contributed by atoms with Gasteiger partial charge in [0.05, 0.1) is 5.52 Å². The monoisotopic (exact) mass is 223 g/mol. The van der Waals surface area contributed by atoms with Crippen molar-refractivity contribution in [2.75, 3.05) is 5.73 Å². The first-order valence-electron chi connectivity index (χ1n) is 5.56. The minimum atomic E-state index is 0.753. The van der Waals surface area contributed by atoms with Crippen LogP contribution in [-0.4, -0.2) is 9.55 Å². The molecule has 0 saturated heterocycles. The van der Waals surface area contributed by atoms with Crippen molar-refractivity contribution < 1.29 is 0 Å². The Balaban J connectivity index is 1.99. The summed E-state index contributed by atoms with van der Waals surface area (Å²) in [5.41, 5.74) is 8.62. The molecule has 3 rings (SSSR count). The fraction of sp³-hybridized carbons (Fsp3) is 0.0714. The molecular weight excluding hydrogens is 210 g/mol. The summed E-state index contributed by atoms with van der Waals surface area (Å²) in [6, 6.07) is 12.0. The standard InChI is InChI=1S/C14H13N3/c15-13-4-3-12-7-11(9-16-14(12)8-13)10-17-5-1-2-6-17/h1-9H,10,15H2. The number of hydrogen-bond donors (Lipinski definition) is 1. The number of hydrogen-bond acceptors (Lipinski definition) is 2. The maximum absolute atomic E-state index is 5.73. The van der Waals surface area contributed by atoms with Crippen molar-refractivity contribution in [1.82, 2.24) is 9.55 Å². The van der Waals surface area contributed by atoms with Crippen molar-refractivity contribution in [3.63, 3.8) is 0 Å². The van der Waals surface area contributed by atoms with E-state index in [9.17, 15) is 0 Å². The highest BCUT2D eigenvalue weighted by Gasteiger charge is 1.99. The van der Waals surface area contributed by atoms with E-state index in [0.717, 1.165) is 23.1 Å². The van der Waals surface area contributed by atoms with Gasteiger partial charge in [0.25, 0.3) is 0 Å².